The molecular weight excluding hydrogens is 387 g/mol. The molecule has 5 heteroatoms. The fourth-order valence-corrected chi connectivity index (χ4v) is 2.15. The summed E-state index contributed by atoms with van der Waals surface area (Å²) in [4.78, 5) is 12.1. The topological polar surface area (TPSA) is 52.9 Å². The predicted octanol–water partition coefficient (Wildman–Crippen LogP) is 4.26. The first-order valence-corrected chi connectivity index (χ1v) is 7.28. The maximum Gasteiger partial charge on any atom is 0.255 e. The number of nitriles is 1. The molecule has 20 heavy (non-hydrogen) atoms. The molecule has 0 unspecified atom stereocenters. The van der Waals surface area contributed by atoms with Crippen LogP contribution in [0.1, 0.15) is 15.9 Å². The van der Waals surface area contributed by atoms with Crippen molar-refractivity contribution in [1.82, 2.24) is 0 Å². The van der Waals surface area contributed by atoms with Gasteiger partial charge in [0.25, 0.3) is 5.91 Å². The molecule has 0 atom stereocenters. The van der Waals surface area contributed by atoms with Gasteiger partial charge in [-0.3, -0.25) is 4.79 Å². The minimum Gasteiger partial charge on any atom is -0.322 e. The van der Waals surface area contributed by atoms with Crippen LogP contribution in [0.25, 0.3) is 0 Å². The molecule has 0 aliphatic rings. The highest BCUT2D eigenvalue weighted by Gasteiger charge is 2.08. The second-order valence-corrected chi connectivity index (χ2v) is 5.68. The molecule has 0 aliphatic heterocycles. The van der Waals surface area contributed by atoms with Crippen molar-refractivity contribution in [3.05, 3.63) is 62.2 Å². The van der Waals surface area contributed by atoms with E-state index in [1.54, 1.807) is 30.3 Å². The van der Waals surface area contributed by atoms with E-state index in [4.69, 9.17) is 16.9 Å². The number of nitrogens with zero attached hydrogens (tertiary/aromatic N) is 1. The molecule has 0 fully saturated rings. The summed E-state index contributed by atoms with van der Waals surface area (Å²) in [5.41, 5.74) is 2.12. The van der Waals surface area contributed by atoms with Gasteiger partial charge in [-0.2, -0.15) is 5.26 Å². The smallest absolute Gasteiger partial charge is 0.255 e. The maximum atomic E-state index is 12.1. The zero-order chi connectivity index (χ0) is 14.5. The summed E-state index contributed by atoms with van der Waals surface area (Å²) < 4.78 is 0.904. The van der Waals surface area contributed by atoms with Crippen molar-refractivity contribution in [3.63, 3.8) is 0 Å². The number of benzene rings is 2. The molecule has 100 valence electrons. The Morgan fingerprint density at radius 2 is 1.95 bits per heavy atom. The number of nitrogens with one attached hydrogen (secondary N) is 1. The lowest BCUT2D eigenvalue weighted by Crippen LogP contribution is -2.11. The molecule has 0 spiro atoms. The van der Waals surface area contributed by atoms with E-state index in [-0.39, 0.29) is 5.91 Å². The van der Waals surface area contributed by atoms with Crippen molar-refractivity contribution in [2.75, 3.05) is 5.32 Å². The minimum absolute atomic E-state index is 0.212. The third-order valence-corrected chi connectivity index (χ3v) is 4.25. The lowest BCUT2D eigenvalue weighted by Gasteiger charge is -2.06. The Balaban J connectivity index is 2.11. The van der Waals surface area contributed by atoms with Gasteiger partial charge in [-0.05, 0) is 58.5 Å². The summed E-state index contributed by atoms with van der Waals surface area (Å²) in [6, 6.07) is 14.4. The number of hydrogen-bond donors (Lipinski definition) is 1. The highest BCUT2D eigenvalue weighted by molar-refractivity contribution is 14.1. The molecule has 0 aliphatic carbocycles. The Bertz CT molecular complexity index is 677. The van der Waals surface area contributed by atoms with Gasteiger partial charge >= 0.3 is 0 Å². The van der Waals surface area contributed by atoms with E-state index in [1.165, 1.54) is 0 Å². The minimum atomic E-state index is -0.212. The van der Waals surface area contributed by atoms with Crippen molar-refractivity contribution in [2.45, 2.75) is 6.42 Å². The number of rotatable bonds is 3. The molecule has 0 heterocycles. The Hall–Kier alpha value is -1.58. The van der Waals surface area contributed by atoms with Crippen LogP contribution in [0.5, 0.6) is 0 Å². The summed E-state index contributed by atoms with van der Waals surface area (Å²) in [6.07, 6.45) is 0.362. The molecule has 0 saturated carbocycles. The third-order valence-electron chi connectivity index (χ3n) is 2.68. The number of carbonyl (C=O) groups excluding carboxylic acids is 1. The SMILES string of the molecule is N#CCc1ccc(NC(=O)c2ccc(I)c(Cl)c2)cc1. The predicted molar refractivity (Wildman–Crippen MR) is 87.9 cm³/mol. The van der Waals surface area contributed by atoms with E-state index in [9.17, 15) is 4.79 Å². The van der Waals surface area contributed by atoms with Crippen LogP contribution < -0.4 is 5.32 Å². The largest absolute Gasteiger partial charge is 0.322 e. The molecule has 2 aromatic rings. The van der Waals surface area contributed by atoms with Crippen LogP contribution in [-0.2, 0) is 6.42 Å². The van der Waals surface area contributed by atoms with Gasteiger partial charge in [0.1, 0.15) is 0 Å². The molecular formula is C15H10ClIN2O. The number of anilines is 1. The van der Waals surface area contributed by atoms with Gasteiger partial charge < -0.3 is 5.32 Å². The normalized spacial score (nSPS) is 9.85. The average molecular weight is 397 g/mol. The van der Waals surface area contributed by atoms with E-state index >= 15 is 0 Å². The van der Waals surface area contributed by atoms with Gasteiger partial charge in [0.2, 0.25) is 0 Å². The highest BCUT2D eigenvalue weighted by atomic mass is 127. The molecule has 3 nitrogen and oxygen atoms in total. The molecule has 2 aromatic carbocycles. The Labute approximate surface area is 135 Å². The fraction of sp³-hybridized carbons (Fsp3) is 0.0667. The van der Waals surface area contributed by atoms with Crippen molar-refractivity contribution in [3.8, 4) is 6.07 Å². The van der Waals surface area contributed by atoms with Gasteiger partial charge in [0, 0.05) is 14.8 Å². The van der Waals surface area contributed by atoms with Crippen LogP contribution in [0.15, 0.2) is 42.5 Å². The van der Waals surface area contributed by atoms with Crippen molar-refractivity contribution < 1.29 is 4.79 Å². The number of carbonyl (C=O) groups is 1. The first kappa shape index (κ1) is 14.8. The second-order valence-electron chi connectivity index (χ2n) is 4.11. The van der Waals surface area contributed by atoms with E-state index in [2.05, 4.69) is 34.0 Å². The van der Waals surface area contributed by atoms with Crippen LogP contribution >= 0.6 is 34.2 Å². The van der Waals surface area contributed by atoms with Crippen LogP contribution in [0.4, 0.5) is 5.69 Å². The Morgan fingerprint density at radius 1 is 1.25 bits per heavy atom. The van der Waals surface area contributed by atoms with E-state index in [0.717, 1.165) is 9.13 Å². The maximum absolute atomic E-state index is 12.1. The average Bonchev–Trinajstić information content (AvgIpc) is 2.44. The van der Waals surface area contributed by atoms with Gasteiger partial charge in [0.05, 0.1) is 17.5 Å². The molecule has 2 rings (SSSR count). The zero-order valence-electron chi connectivity index (χ0n) is 10.4. The van der Waals surface area contributed by atoms with Gasteiger partial charge in [0.15, 0.2) is 0 Å². The first-order valence-electron chi connectivity index (χ1n) is 5.82. The van der Waals surface area contributed by atoms with Crippen molar-refractivity contribution in [1.29, 1.82) is 5.26 Å². The van der Waals surface area contributed by atoms with E-state index < -0.39 is 0 Å². The lowest BCUT2D eigenvalue weighted by molar-refractivity contribution is 0.102. The quantitative estimate of drug-likeness (QED) is 0.788. The standard InChI is InChI=1S/C15H10ClIN2O/c16-13-9-11(3-6-14(13)17)15(20)19-12-4-1-10(2-5-12)7-8-18/h1-6,9H,7H2,(H,19,20). The highest BCUT2D eigenvalue weighted by Crippen LogP contribution is 2.20. The van der Waals surface area contributed by atoms with Gasteiger partial charge in [-0.1, -0.05) is 23.7 Å². The zero-order valence-corrected chi connectivity index (χ0v) is 13.3. The van der Waals surface area contributed by atoms with Crippen LogP contribution in [0.2, 0.25) is 5.02 Å². The third kappa shape index (κ3) is 3.71. The van der Waals surface area contributed by atoms with E-state index in [0.29, 0.717) is 22.7 Å². The Morgan fingerprint density at radius 3 is 2.55 bits per heavy atom. The summed E-state index contributed by atoms with van der Waals surface area (Å²) in [6.45, 7) is 0. The Kier molecular flexibility index (Phi) is 4.99. The molecule has 0 bridgehead atoms. The molecule has 0 radical (unpaired) electrons. The summed E-state index contributed by atoms with van der Waals surface area (Å²) in [5.74, 6) is -0.212. The van der Waals surface area contributed by atoms with Gasteiger partial charge in [-0.25, -0.2) is 0 Å². The van der Waals surface area contributed by atoms with Crippen molar-refractivity contribution >= 4 is 45.8 Å². The first-order chi connectivity index (χ1) is 9.60. The van der Waals surface area contributed by atoms with Crippen molar-refractivity contribution in [2.24, 2.45) is 0 Å². The van der Waals surface area contributed by atoms with Crippen LogP contribution in [0.3, 0.4) is 0 Å². The summed E-state index contributed by atoms with van der Waals surface area (Å²) in [7, 11) is 0. The summed E-state index contributed by atoms with van der Waals surface area (Å²) >= 11 is 8.11. The molecule has 0 saturated heterocycles. The molecule has 1 N–H and O–H groups in total. The van der Waals surface area contributed by atoms with E-state index in [1.807, 2.05) is 12.1 Å². The summed E-state index contributed by atoms with van der Waals surface area (Å²) in [5, 5.41) is 11.9. The molecule has 1 amide bonds. The lowest BCUT2D eigenvalue weighted by atomic mass is 10.1. The van der Waals surface area contributed by atoms with Crippen LogP contribution in [-0.4, -0.2) is 5.91 Å². The second kappa shape index (κ2) is 6.73. The van der Waals surface area contributed by atoms with Crippen LogP contribution in [0, 0.1) is 14.9 Å². The molecule has 0 aromatic heterocycles. The monoisotopic (exact) mass is 396 g/mol. The van der Waals surface area contributed by atoms with Gasteiger partial charge in [-0.15, -0.1) is 0 Å². The number of hydrogen-bond acceptors (Lipinski definition) is 2. The fourth-order valence-electron chi connectivity index (χ4n) is 1.64. The number of amides is 1. The number of halogens is 2.